The summed E-state index contributed by atoms with van der Waals surface area (Å²) in [6.07, 6.45) is 0. The van der Waals surface area contributed by atoms with Crippen LogP contribution in [0.25, 0.3) is 0 Å². The van der Waals surface area contributed by atoms with Crippen LogP contribution in [-0.4, -0.2) is 5.11 Å². The molecule has 1 rings (SSSR count). The lowest BCUT2D eigenvalue weighted by Gasteiger charge is -2.10. The number of phenols is 1. The molecule has 0 aliphatic rings. The van der Waals surface area contributed by atoms with Gasteiger partial charge in [-0.3, -0.25) is 0 Å². The van der Waals surface area contributed by atoms with Gasteiger partial charge in [-0.05, 0) is 31.5 Å². The Balaban J connectivity index is 0.00000144. The highest BCUT2D eigenvalue weighted by Gasteiger charge is 2.09. The SMILES string of the molecule is Cc1cc(Br)cc([C@@H](C)N)c1O.Cl. The van der Waals surface area contributed by atoms with Gasteiger partial charge in [-0.2, -0.15) is 0 Å². The normalized spacial score (nSPS) is 12.0. The molecule has 0 unspecified atom stereocenters. The molecule has 0 aromatic heterocycles. The molecule has 0 spiro atoms. The van der Waals surface area contributed by atoms with Crippen LogP contribution in [0.15, 0.2) is 16.6 Å². The Kier molecular flexibility index (Phi) is 4.75. The van der Waals surface area contributed by atoms with Crippen LogP contribution in [0.1, 0.15) is 24.1 Å². The molecule has 0 amide bonds. The van der Waals surface area contributed by atoms with E-state index in [-0.39, 0.29) is 18.4 Å². The molecule has 74 valence electrons. The zero-order chi connectivity index (χ0) is 9.30. The van der Waals surface area contributed by atoms with Crippen LogP contribution < -0.4 is 5.73 Å². The molecule has 3 N–H and O–H groups in total. The van der Waals surface area contributed by atoms with E-state index in [0.29, 0.717) is 5.75 Å². The minimum Gasteiger partial charge on any atom is -0.507 e. The summed E-state index contributed by atoms with van der Waals surface area (Å²) >= 11 is 3.35. The first-order chi connectivity index (χ1) is 5.52. The quantitative estimate of drug-likeness (QED) is 0.821. The average Bonchev–Trinajstić information content (AvgIpc) is 1.96. The summed E-state index contributed by atoms with van der Waals surface area (Å²) in [5, 5.41) is 9.59. The Hall–Kier alpha value is -0.250. The number of phenolic OH excluding ortho intramolecular Hbond substituents is 1. The third-order valence-corrected chi connectivity index (χ3v) is 2.24. The van der Waals surface area contributed by atoms with Crippen molar-refractivity contribution in [1.82, 2.24) is 0 Å². The van der Waals surface area contributed by atoms with Crippen molar-refractivity contribution in [3.05, 3.63) is 27.7 Å². The number of hydrogen-bond donors (Lipinski definition) is 2. The standard InChI is InChI=1S/C9H12BrNO.ClH/c1-5-3-7(10)4-8(6(2)11)9(5)12;/h3-4,6,12H,11H2,1-2H3;1H/t6-;/m1./s1. The first kappa shape index (κ1) is 12.8. The molecule has 0 fully saturated rings. The summed E-state index contributed by atoms with van der Waals surface area (Å²) in [5.74, 6) is 0.299. The van der Waals surface area contributed by atoms with Crippen LogP contribution >= 0.6 is 28.3 Å². The number of hydrogen-bond acceptors (Lipinski definition) is 2. The second kappa shape index (κ2) is 4.84. The van der Waals surface area contributed by atoms with Gasteiger partial charge in [-0.1, -0.05) is 15.9 Å². The van der Waals surface area contributed by atoms with Crippen molar-refractivity contribution >= 4 is 28.3 Å². The zero-order valence-electron chi connectivity index (χ0n) is 7.54. The van der Waals surface area contributed by atoms with Gasteiger partial charge in [0.1, 0.15) is 5.75 Å². The Bertz CT molecular complexity index is 302. The maximum Gasteiger partial charge on any atom is 0.123 e. The highest BCUT2D eigenvalue weighted by molar-refractivity contribution is 9.10. The van der Waals surface area contributed by atoms with Gasteiger partial charge in [0.15, 0.2) is 0 Å². The maximum atomic E-state index is 9.59. The molecular weight excluding hydrogens is 253 g/mol. The molecule has 0 aliphatic carbocycles. The minimum atomic E-state index is -0.138. The van der Waals surface area contributed by atoms with Crippen LogP contribution in [0.3, 0.4) is 0 Å². The molecule has 2 nitrogen and oxygen atoms in total. The van der Waals surface area contributed by atoms with E-state index in [9.17, 15) is 5.11 Å². The summed E-state index contributed by atoms with van der Waals surface area (Å²) in [5.41, 5.74) is 7.30. The average molecular weight is 267 g/mol. The number of nitrogens with two attached hydrogens (primary N) is 1. The summed E-state index contributed by atoms with van der Waals surface area (Å²) < 4.78 is 0.949. The first-order valence-electron chi connectivity index (χ1n) is 3.77. The monoisotopic (exact) mass is 265 g/mol. The fourth-order valence-electron chi connectivity index (χ4n) is 1.11. The molecule has 0 heterocycles. The molecule has 0 radical (unpaired) electrons. The van der Waals surface area contributed by atoms with E-state index in [1.807, 2.05) is 26.0 Å². The predicted octanol–water partition coefficient (Wildman–Crippen LogP) is 2.90. The highest BCUT2D eigenvalue weighted by Crippen LogP contribution is 2.29. The van der Waals surface area contributed by atoms with Gasteiger partial charge in [0.2, 0.25) is 0 Å². The van der Waals surface area contributed by atoms with Gasteiger partial charge >= 0.3 is 0 Å². The van der Waals surface area contributed by atoms with Crippen LogP contribution in [0.5, 0.6) is 5.75 Å². The fourth-order valence-corrected chi connectivity index (χ4v) is 1.70. The number of benzene rings is 1. The highest BCUT2D eigenvalue weighted by atomic mass is 79.9. The Labute approximate surface area is 92.7 Å². The van der Waals surface area contributed by atoms with Gasteiger partial charge in [0.25, 0.3) is 0 Å². The van der Waals surface area contributed by atoms with Crippen LogP contribution in [0, 0.1) is 6.92 Å². The van der Waals surface area contributed by atoms with Crippen molar-refractivity contribution in [2.24, 2.45) is 5.73 Å². The van der Waals surface area contributed by atoms with E-state index in [2.05, 4.69) is 15.9 Å². The number of aromatic hydroxyl groups is 1. The lowest BCUT2D eigenvalue weighted by atomic mass is 10.0. The maximum absolute atomic E-state index is 9.59. The molecule has 0 saturated carbocycles. The number of halogens is 2. The topological polar surface area (TPSA) is 46.2 Å². The van der Waals surface area contributed by atoms with Gasteiger partial charge < -0.3 is 10.8 Å². The molecule has 1 aromatic rings. The van der Waals surface area contributed by atoms with Gasteiger partial charge in [-0.25, -0.2) is 0 Å². The zero-order valence-corrected chi connectivity index (χ0v) is 9.95. The molecule has 0 bridgehead atoms. The summed E-state index contributed by atoms with van der Waals surface area (Å²) in [4.78, 5) is 0. The summed E-state index contributed by atoms with van der Waals surface area (Å²) in [7, 11) is 0. The lowest BCUT2D eigenvalue weighted by molar-refractivity contribution is 0.459. The van der Waals surface area contributed by atoms with Gasteiger partial charge in [0, 0.05) is 16.1 Å². The Morgan fingerprint density at radius 3 is 2.46 bits per heavy atom. The van der Waals surface area contributed by atoms with Crippen LogP contribution in [0.2, 0.25) is 0 Å². The fraction of sp³-hybridized carbons (Fsp3) is 0.333. The van der Waals surface area contributed by atoms with E-state index in [1.165, 1.54) is 0 Å². The van der Waals surface area contributed by atoms with Crippen molar-refractivity contribution in [2.45, 2.75) is 19.9 Å². The molecule has 4 heteroatoms. The molecule has 0 saturated heterocycles. The molecular formula is C9H13BrClNO. The smallest absolute Gasteiger partial charge is 0.123 e. The second-order valence-corrected chi connectivity index (χ2v) is 3.86. The molecule has 0 aliphatic heterocycles. The Morgan fingerprint density at radius 1 is 1.46 bits per heavy atom. The molecule has 1 aromatic carbocycles. The third-order valence-electron chi connectivity index (χ3n) is 1.79. The van der Waals surface area contributed by atoms with Crippen molar-refractivity contribution in [3.63, 3.8) is 0 Å². The van der Waals surface area contributed by atoms with Gasteiger partial charge in [0.05, 0.1) is 0 Å². The number of rotatable bonds is 1. The summed E-state index contributed by atoms with van der Waals surface area (Å²) in [6, 6.07) is 3.56. The predicted molar refractivity (Wildman–Crippen MR) is 60.4 cm³/mol. The van der Waals surface area contributed by atoms with E-state index in [0.717, 1.165) is 15.6 Å². The molecule has 1 atom stereocenters. The first-order valence-corrected chi connectivity index (χ1v) is 4.56. The van der Waals surface area contributed by atoms with E-state index >= 15 is 0 Å². The lowest BCUT2D eigenvalue weighted by Crippen LogP contribution is -2.05. The van der Waals surface area contributed by atoms with Crippen molar-refractivity contribution < 1.29 is 5.11 Å². The van der Waals surface area contributed by atoms with Crippen molar-refractivity contribution in [2.75, 3.05) is 0 Å². The van der Waals surface area contributed by atoms with Crippen LogP contribution in [-0.2, 0) is 0 Å². The van der Waals surface area contributed by atoms with Gasteiger partial charge in [-0.15, -0.1) is 12.4 Å². The largest absolute Gasteiger partial charge is 0.507 e. The number of aryl methyl sites for hydroxylation is 1. The van der Waals surface area contributed by atoms with Crippen molar-refractivity contribution in [1.29, 1.82) is 0 Å². The van der Waals surface area contributed by atoms with E-state index in [4.69, 9.17) is 5.73 Å². The Morgan fingerprint density at radius 2 is 2.00 bits per heavy atom. The summed E-state index contributed by atoms with van der Waals surface area (Å²) in [6.45, 7) is 3.70. The van der Waals surface area contributed by atoms with E-state index < -0.39 is 0 Å². The third kappa shape index (κ3) is 2.86. The van der Waals surface area contributed by atoms with E-state index in [1.54, 1.807) is 0 Å². The molecule has 13 heavy (non-hydrogen) atoms. The van der Waals surface area contributed by atoms with Crippen LogP contribution in [0.4, 0.5) is 0 Å². The second-order valence-electron chi connectivity index (χ2n) is 2.95. The van der Waals surface area contributed by atoms with Crippen molar-refractivity contribution in [3.8, 4) is 5.75 Å². The minimum absolute atomic E-state index is 0.